The Kier molecular flexibility index (Phi) is 9.26. The molecule has 3 aromatic carbocycles. The van der Waals surface area contributed by atoms with Gasteiger partial charge in [-0.25, -0.2) is 0 Å². The molecule has 1 atom stereocenters. The van der Waals surface area contributed by atoms with Crippen LogP contribution in [0.3, 0.4) is 0 Å². The number of phenolic OH excluding ortho intramolecular Hbond substituents is 1. The minimum Gasteiger partial charge on any atom is -0.507 e. The molecule has 0 saturated carbocycles. The molecular weight excluding hydrogens is 484 g/mol. The van der Waals surface area contributed by atoms with Crippen molar-refractivity contribution >= 4 is 17.5 Å². The second-order valence-electron chi connectivity index (χ2n) is 12.7. The van der Waals surface area contributed by atoms with Crippen LogP contribution in [0.2, 0.25) is 0 Å². The number of aryl methyl sites for hydroxylation is 1. The fourth-order valence-electron chi connectivity index (χ4n) is 4.58. The van der Waals surface area contributed by atoms with Gasteiger partial charge in [-0.05, 0) is 63.1 Å². The number of rotatable bonds is 8. The maximum absolute atomic E-state index is 13.3. The van der Waals surface area contributed by atoms with E-state index in [2.05, 4.69) is 66.0 Å². The number of hydrogen-bond donors (Lipinski definition) is 3. The lowest BCUT2D eigenvalue weighted by molar-refractivity contribution is -0.126. The van der Waals surface area contributed by atoms with Crippen molar-refractivity contribution in [3.05, 3.63) is 94.5 Å². The molecule has 0 spiro atoms. The van der Waals surface area contributed by atoms with Crippen LogP contribution >= 0.6 is 0 Å². The molecule has 0 heterocycles. The molecule has 3 N–H and O–H groups in total. The van der Waals surface area contributed by atoms with Crippen LogP contribution in [0, 0.1) is 0 Å². The second kappa shape index (κ2) is 12.1. The Morgan fingerprint density at radius 2 is 1.33 bits per heavy atom. The zero-order chi connectivity index (χ0) is 29.0. The monoisotopic (exact) mass is 528 g/mol. The van der Waals surface area contributed by atoms with Crippen molar-refractivity contribution in [1.82, 2.24) is 5.32 Å². The Bertz CT molecular complexity index is 1250. The number of nitrogens with one attached hydrogen (secondary N) is 2. The number of amides is 2. The number of hydrogen-bond acceptors (Lipinski definition) is 3. The Hall–Kier alpha value is -3.60. The van der Waals surface area contributed by atoms with Gasteiger partial charge in [0.05, 0.1) is 0 Å². The minimum atomic E-state index is -0.821. The van der Waals surface area contributed by atoms with Crippen LogP contribution in [0.4, 0.5) is 5.69 Å². The first-order valence-electron chi connectivity index (χ1n) is 13.8. The van der Waals surface area contributed by atoms with Gasteiger partial charge in [0.1, 0.15) is 11.8 Å². The molecule has 0 fully saturated rings. The third kappa shape index (κ3) is 7.95. The van der Waals surface area contributed by atoms with Crippen LogP contribution in [0.1, 0.15) is 102 Å². The molecule has 5 nitrogen and oxygen atoms in total. The highest BCUT2D eigenvalue weighted by atomic mass is 16.3. The van der Waals surface area contributed by atoms with Crippen LogP contribution in [0.15, 0.2) is 66.7 Å². The first-order chi connectivity index (χ1) is 18.2. The van der Waals surface area contributed by atoms with E-state index in [0.29, 0.717) is 23.8 Å². The van der Waals surface area contributed by atoms with Gasteiger partial charge in [-0.15, -0.1) is 0 Å². The first kappa shape index (κ1) is 29.9. The van der Waals surface area contributed by atoms with Gasteiger partial charge in [-0.3, -0.25) is 9.59 Å². The molecule has 0 saturated heterocycles. The van der Waals surface area contributed by atoms with Crippen LogP contribution in [0.5, 0.6) is 5.75 Å². The largest absolute Gasteiger partial charge is 0.507 e. The minimum absolute atomic E-state index is 0.211. The standard InChI is InChI=1S/C34H44N2O3/c1-22(2)24-15-17-26(18-16-24)35-32(39)30(25-12-10-9-11-13-25)36-29(37)19-14-23-20-27(33(3,4)5)31(38)28(21-23)34(6,7)8/h9-13,15-18,20-22,30,38H,14,19H2,1-8H3,(H,35,39)(H,36,37)/t30-/m1/s1. The molecule has 0 aliphatic rings. The lowest BCUT2D eigenvalue weighted by Crippen LogP contribution is -2.37. The van der Waals surface area contributed by atoms with Crippen molar-refractivity contribution in [3.63, 3.8) is 0 Å². The summed E-state index contributed by atoms with van der Waals surface area (Å²) in [6, 6.07) is 20.3. The SMILES string of the molecule is CC(C)c1ccc(NC(=O)[C@H](NC(=O)CCc2cc(C(C)(C)C)c(O)c(C(C)(C)C)c2)c2ccccc2)cc1. The molecule has 0 radical (unpaired) electrons. The van der Waals surface area contributed by atoms with E-state index in [0.717, 1.165) is 22.3 Å². The Labute approximate surface area is 234 Å². The third-order valence-corrected chi connectivity index (χ3v) is 6.97. The smallest absolute Gasteiger partial charge is 0.251 e. The van der Waals surface area contributed by atoms with Gasteiger partial charge in [0, 0.05) is 12.1 Å². The van der Waals surface area contributed by atoms with Crippen molar-refractivity contribution in [2.24, 2.45) is 0 Å². The fraction of sp³-hybridized carbons (Fsp3) is 0.412. The van der Waals surface area contributed by atoms with Crippen LogP contribution < -0.4 is 10.6 Å². The average Bonchev–Trinajstić information content (AvgIpc) is 2.86. The third-order valence-electron chi connectivity index (χ3n) is 6.97. The maximum Gasteiger partial charge on any atom is 0.251 e. The summed E-state index contributed by atoms with van der Waals surface area (Å²) in [5.41, 5.74) is 4.84. The fourth-order valence-corrected chi connectivity index (χ4v) is 4.58. The van der Waals surface area contributed by atoms with Crippen LogP contribution in [-0.4, -0.2) is 16.9 Å². The molecule has 0 aliphatic carbocycles. The van der Waals surface area contributed by atoms with E-state index in [9.17, 15) is 14.7 Å². The van der Waals surface area contributed by atoms with E-state index in [1.807, 2.05) is 66.7 Å². The molecule has 0 aliphatic heterocycles. The maximum atomic E-state index is 13.3. The van der Waals surface area contributed by atoms with Crippen LogP contribution in [0.25, 0.3) is 0 Å². The van der Waals surface area contributed by atoms with Crippen LogP contribution in [-0.2, 0) is 26.8 Å². The Morgan fingerprint density at radius 3 is 1.82 bits per heavy atom. The molecule has 3 rings (SSSR count). The molecule has 2 amide bonds. The highest BCUT2D eigenvalue weighted by molar-refractivity contribution is 5.97. The second-order valence-corrected chi connectivity index (χ2v) is 12.7. The molecule has 5 heteroatoms. The number of carbonyl (C=O) groups excluding carboxylic acids is 2. The number of benzene rings is 3. The lowest BCUT2D eigenvalue weighted by atomic mass is 9.78. The van der Waals surface area contributed by atoms with Gasteiger partial charge >= 0.3 is 0 Å². The van der Waals surface area contributed by atoms with Gasteiger partial charge in [-0.2, -0.15) is 0 Å². The van der Waals surface area contributed by atoms with Gasteiger partial charge in [0.25, 0.3) is 5.91 Å². The quantitative estimate of drug-likeness (QED) is 0.283. The van der Waals surface area contributed by atoms with E-state index in [4.69, 9.17) is 0 Å². The molecule has 3 aromatic rings. The van der Waals surface area contributed by atoms with Gasteiger partial charge in [-0.1, -0.05) is 110 Å². The molecule has 0 aromatic heterocycles. The molecule has 208 valence electrons. The van der Waals surface area contributed by atoms with E-state index < -0.39 is 6.04 Å². The molecule has 0 unspecified atom stereocenters. The number of phenols is 1. The highest BCUT2D eigenvalue weighted by Crippen LogP contribution is 2.40. The zero-order valence-electron chi connectivity index (χ0n) is 24.7. The predicted molar refractivity (Wildman–Crippen MR) is 160 cm³/mol. The van der Waals surface area contributed by atoms with Gasteiger partial charge in [0.15, 0.2) is 0 Å². The van der Waals surface area contributed by atoms with Crippen molar-refractivity contribution in [1.29, 1.82) is 0 Å². The normalized spacial score (nSPS) is 12.7. The van der Waals surface area contributed by atoms with Gasteiger partial charge in [0.2, 0.25) is 5.91 Å². The average molecular weight is 529 g/mol. The highest BCUT2D eigenvalue weighted by Gasteiger charge is 2.27. The van der Waals surface area contributed by atoms with E-state index >= 15 is 0 Å². The Balaban J connectivity index is 1.79. The van der Waals surface area contributed by atoms with Crippen molar-refractivity contribution in [2.75, 3.05) is 5.32 Å². The van der Waals surface area contributed by atoms with E-state index in [1.165, 1.54) is 5.56 Å². The summed E-state index contributed by atoms with van der Waals surface area (Å²) in [5.74, 6) is 0.224. The summed E-state index contributed by atoms with van der Waals surface area (Å²) in [7, 11) is 0. The summed E-state index contributed by atoms with van der Waals surface area (Å²) >= 11 is 0. The summed E-state index contributed by atoms with van der Waals surface area (Å²) in [4.78, 5) is 26.5. The number of anilines is 1. The Morgan fingerprint density at radius 1 is 0.795 bits per heavy atom. The van der Waals surface area contributed by atoms with E-state index in [1.54, 1.807) is 0 Å². The molecule has 39 heavy (non-hydrogen) atoms. The van der Waals surface area contributed by atoms with Crippen molar-refractivity contribution in [2.45, 2.75) is 91.0 Å². The topological polar surface area (TPSA) is 78.4 Å². The number of aromatic hydroxyl groups is 1. The molecule has 0 bridgehead atoms. The van der Waals surface area contributed by atoms with Crippen molar-refractivity contribution < 1.29 is 14.7 Å². The van der Waals surface area contributed by atoms with Crippen molar-refractivity contribution in [3.8, 4) is 5.75 Å². The lowest BCUT2D eigenvalue weighted by Gasteiger charge is -2.28. The van der Waals surface area contributed by atoms with Gasteiger partial charge < -0.3 is 15.7 Å². The predicted octanol–water partition coefficient (Wildman–Crippen LogP) is 7.54. The first-order valence-corrected chi connectivity index (χ1v) is 13.8. The summed E-state index contributed by atoms with van der Waals surface area (Å²) < 4.78 is 0. The summed E-state index contributed by atoms with van der Waals surface area (Å²) in [6.45, 7) is 16.7. The molecular formula is C34H44N2O3. The summed E-state index contributed by atoms with van der Waals surface area (Å²) in [6.07, 6.45) is 0.718. The van der Waals surface area contributed by atoms with E-state index in [-0.39, 0.29) is 29.1 Å². The summed E-state index contributed by atoms with van der Waals surface area (Å²) in [5, 5.41) is 16.9. The zero-order valence-corrected chi connectivity index (χ0v) is 24.7. The number of carbonyl (C=O) groups is 2.